The molecule has 1 aromatic heterocycles. The first kappa shape index (κ1) is 13.1. The van der Waals surface area contributed by atoms with Gasteiger partial charge in [0.25, 0.3) is 0 Å². The van der Waals surface area contributed by atoms with E-state index in [2.05, 4.69) is 45.6 Å². The van der Waals surface area contributed by atoms with Crippen LogP contribution in [0.2, 0.25) is 5.02 Å². The van der Waals surface area contributed by atoms with Gasteiger partial charge in [0, 0.05) is 15.2 Å². The summed E-state index contributed by atoms with van der Waals surface area (Å²) in [6.07, 6.45) is 2.30. The molecule has 0 fully saturated rings. The third-order valence-electron chi connectivity index (χ3n) is 2.83. The highest BCUT2D eigenvalue weighted by Gasteiger charge is 2.10. The van der Waals surface area contributed by atoms with Gasteiger partial charge in [-0.25, -0.2) is 0 Å². The van der Waals surface area contributed by atoms with Crippen LogP contribution in [-0.2, 0) is 6.42 Å². The van der Waals surface area contributed by atoms with Gasteiger partial charge in [0.2, 0.25) is 0 Å². The molecule has 0 N–H and O–H groups in total. The maximum Gasteiger partial charge on any atom is 0.0408 e. The van der Waals surface area contributed by atoms with Crippen molar-refractivity contribution >= 4 is 38.9 Å². The monoisotopic (exact) mass is 328 g/mol. The van der Waals surface area contributed by atoms with Crippen LogP contribution >= 0.6 is 38.9 Å². The molecule has 2 rings (SSSR count). The molecule has 0 aliphatic carbocycles. The summed E-state index contributed by atoms with van der Waals surface area (Å²) in [6, 6.07) is 12.5. The average Bonchev–Trinajstić information content (AvgIpc) is 2.83. The van der Waals surface area contributed by atoms with E-state index in [1.165, 1.54) is 10.4 Å². The van der Waals surface area contributed by atoms with Gasteiger partial charge in [-0.1, -0.05) is 45.7 Å². The smallest absolute Gasteiger partial charge is 0.0408 e. The zero-order valence-electron chi connectivity index (χ0n) is 9.40. The number of halogens is 2. The van der Waals surface area contributed by atoms with E-state index in [0.717, 1.165) is 23.2 Å². The number of benzene rings is 1. The van der Waals surface area contributed by atoms with Gasteiger partial charge < -0.3 is 0 Å². The van der Waals surface area contributed by atoms with Crippen LogP contribution in [0.25, 0.3) is 0 Å². The molecular weight excluding hydrogens is 316 g/mol. The Balaban J connectivity index is 2.01. The molecule has 0 spiro atoms. The second-order valence-corrected chi connectivity index (χ2v) is 6.14. The Kier molecular flexibility index (Phi) is 5.08. The largest absolute Gasteiger partial charge is 0.149 e. The van der Waals surface area contributed by atoms with E-state index in [9.17, 15) is 0 Å². The molecular formula is C14H14BrClS. The van der Waals surface area contributed by atoms with Crippen LogP contribution in [0.1, 0.15) is 22.8 Å². The zero-order chi connectivity index (χ0) is 12.1. The van der Waals surface area contributed by atoms with Crippen molar-refractivity contribution in [2.75, 3.05) is 5.33 Å². The average molecular weight is 330 g/mol. The van der Waals surface area contributed by atoms with Gasteiger partial charge in [-0.15, -0.1) is 11.3 Å². The van der Waals surface area contributed by atoms with Crippen molar-refractivity contribution < 1.29 is 0 Å². The molecule has 0 saturated heterocycles. The summed E-state index contributed by atoms with van der Waals surface area (Å²) >= 11 is 11.5. The van der Waals surface area contributed by atoms with E-state index < -0.39 is 0 Å². The Bertz CT molecular complexity index is 453. The van der Waals surface area contributed by atoms with Gasteiger partial charge in [-0.05, 0) is 47.9 Å². The summed E-state index contributed by atoms with van der Waals surface area (Å²) < 4.78 is 0. The number of hydrogen-bond acceptors (Lipinski definition) is 1. The van der Waals surface area contributed by atoms with E-state index in [1.54, 1.807) is 0 Å². The SMILES string of the molecule is Clc1cccc(C(CBr)CCc2cccs2)c1. The molecule has 1 unspecified atom stereocenters. The fraction of sp³-hybridized carbons (Fsp3) is 0.286. The summed E-state index contributed by atoms with van der Waals surface area (Å²) in [5.74, 6) is 0.538. The Labute approximate surface area is 120 Å². The Morgan fingerprint density at radius 1 is 1.24 bits per heavy atom. The Hall–Kier alpha value is -0.310. The van der Waals surface area contributed by atoms with Crippen LogP contribution in [0, 0.1) is 0 Å². The molecule has 1 atom stereocenters. The van der Waals surface area contributed by atoms with Gasteiger partial charge in [0.1, 0.15) is 0 Å². The minimum atomic E-state index is 0.538. The molecule has 2 aromatic rings. The quantitative estimate of drug-likeness (QED) is 0.634. The highest BCUT2D eigenvalue weighted by Crippen LogP contribution is 2.26. The molecule has 0 radical (unpaired) electrons. The molecule has 1 heterocycles. The predicted molar refractivity (Wildman–Crippen MR) is 80.6 cm³/mol. The van der Waals surface area contributed by atoms with Crippen LogP contribution in [0.5, 0.6) is 0 Å². The van der Waals surface area contributed by atoms with E-state index in [0.29, 0.717) is 5.92 Å². The molecule has 90 valence electrons. The van der Waals surface area contributed by atoms with Crippen LogP contribution in [-0.4, -0.2) is 5.33 Å². The van der Waals surface area contributed by atoms with Crippen LogP contribution in [0.4, 0.5) is 0 Å². The Morgan fingerprint density at radius 3 is 2.76 bits per heavy atom. The third-order valence-corrected chi connectivity index (χ3v) is 4.78. The first-order valence-corrected chi connectivity index (χ1v) is 8.01. The normalized spacial score (nSPS) is 12.6. The first-order valence-electron chi connectivity index (χ1n) is 5.63. The van der Waals surface area contributed by atoms with Crippen LogP contribution < -0.4 is 0 Å². The molecule has 0 bridgehead atoms. The third kappa shape index (κ3) is 3.84. The van der Waals surface area contributed by atoms with Crippen molar-refractivity contribution in [1.82, 2.24) is 0 Å². The zero-order valence-corrected chi connectivity index (χ0v) is 12.6. The lowest BCUT2D eigenvalue weighted by Gasteiger charge is -2.14. The number of alkyl halides is 1. The second kappa shape index (κ2) is 6.58. The molecule has 0 aliphatic rings. The summed E-state index contributed by atoms with van der Waals surface area (Å²) in [5.41, 5.74) is 1.32. The van der Waals surface area contributed by atoms with E-state index in [1.807, 2.05) is 23.5 Å². The highest BCUT2D eigenvalue weighted by atomic mass is 79.9. The fourth-order valence-corrected chi connectivity index (χ4v) is 3.49. The van der Waals surface area contributed by atoms with Gasteiger partial charge >= 0.3 is 0 Å². The lowest BCUT2D eigenvalue weighted by molar-refractivity contribution is 0.697. The van der Waals surface area contributed by atoms with Crippen molar-refractivity contribution in [2.24, 2.45) is 0 Å². The van der Waals surface area contributed by atoms with Crippen molar-refractivity contribution in [3.05, 3.63) is 57.2 Å². The minimum Gasteiger partial charge on any atom is -0.149 e. The van der Waals surface area contributed by atoms with Gasteiger partial charge in [-0.2, -0.15) is 0 Å². The molecule has 0 amide bonds. The summed E-state index contributed by atoms with van der Waals surface area (Å²) in [4.78, 5) is 1.46. The lowest BCUT2D eigenvalue weighted by atomic mass is 9.96. The molecule has 0 saturated carbocycles. The van der Waals surface area contributed by atoms with Crippen molar-refractivity contribution in [2.45, 2.75) is 18.8 Å². The van der Waals surface area contributed by atoms with E-state index in [-0.39, 0.29) is 0 Å². The Morgan fingerprint density at radius 2 is 2.12 bits per heavy atom. The van der Waals surface area contributed by atoms with Gasteiger partial charge in [0.05, 0.1) is 0 Å². The second-order valence-electron chi connectivity index (χ2n) is 4.02. The summed E-state index contributed by atoms with van der Waals surface area (Å²) in [7, 11) is 0. The molecule has 17 heavy (non-hydrogen) atoms. The molecule has 1 aromatic carbocycles. The van der Waals surface area contributed by atoms with E-state index in [4.69, 9.17) is 11.6 Å². The molecule has 0 nitrogen and oxygen atoms in total. The van der Waals surface area contributed by atoms with Crippen molar-refractivity contribution in [3.8, 4) is 0 Å². The van der Waals surface area contributed by atoms with E-state index >= 15 is 0 Å². The number of rotatable bonds is 5. The first-order chi connectivity index (χ1) is 8.29. The van der Waals surface area contributed by atoms with Crippen molar-refractivity contribution in [3.63, 3.8) is 0 Å². The minimum absolute atomic E-state index is 0.538. The van der Waals surface area contributed by atoms with Crippen molar-refractivity contribution in [1.29, 1.82) is 0 Å². The summed E-state index contributed by atoms with van der Waals surface area (Å²) in [6.45, 7) is 0. The molecule has 3 heteroatoms. The standard InChI is InChI=1S/C14H14BrClS/c15-10-12(6-7-14-5-2-8-17-14)11-3-1-4-13(16)9-11/h1-5,8-9,12H,6-7,10H2. The maximum atomic E-state index is 6.03. The van der Waals surface area contributed by atoms with Crippen LogP contribution in [0.15, 0.2) is 41.8 Å². The maximum absolute atomic E-state index is 6.03. The topological polar surface area (TPSA) is 0 Å². The predicted octanol–water partition coefficient (Wildman–Crippen LogP) is 5.51. The number of aryl methyl sites for hydroxylation is 1. The number of hydrogen-bond donors (Lipinski definition) is 0. The fourth-order valence-electron chi connectivity index (χ4n) is 1.86. The van der Waals surface area contributed by atoms with Gasteiger partial charge in [0.15, 0.2) is 0 Å². The van der Waals surface area contributed by atoms with Gasteiger partial charge in [-0.3, -0.25) is 0 Å². The number of thiophene rings is 1. The lowest BCUT2D eigenvalue weighted by Crippen LogP contribution is -2.01. The van der Waals surface area contributed by atoms with Crippen LogP contribution in [0.3, 0.4) is 0 Å². The highest BCUT2D eigenvalue weighted by molar-refractivity contribution is 9.09. The summed E-state index contributed by atoms with van der Waals surface area (Å²) in [5, 5.41) is 3.95. The molecule has 0 aliphatic heterocycles.